The Morgan fingerprint density at radius 1 is 1.05 bits per heavy atom. The highest BCUT2D eigenvalue weighted by Gasteiger charge is 2.30. The molecule has 0 unspecified atom stereocenters. The Morgan fingerprint density at radius 2 is 1.77 bits per heavy atom. The van der Waals surface area contributed by atoms with Crippen molar-refractivity contribution >= 4 is 39.1 Å². The fourth-order valence-electron chi connectivity index (χ4n) is 4.83. The number of aromatic nitrogens is 2. The van der Waals surface area contributed by atoms with Gasteiger partial charge in [-0.05, 0) is 68.1 Å². The molecule has 9 nitrogen and oxygen atoms in total. The van der Waals surface area contributed by atoms with E-state index in [9.17, 15) is 13.2 Å². The zero-order valence-corrected chi connectivity index (χ0v) is 24.1. The van der Waals surface area contributed by atoms with Crippen molar-refractivity contribution in [3.8, 4) is 17.2 Å². The Labute approximate surface area is 237 Å². The Balaban J connectivity index is 1.31. The highest BCUT2D eigenvalue weighted by molar-refractivity contribution is 8.11. The molecule has 2 aliphatic rings. The summed E-state index contributed by atoms with van der Waals surface area (Å²) >= 11 is 7.43. The Morgan fingerprint density at radius 3 is 2.44 bits per heavy atom. The Kier molecular flexibility index (Phi) is 8.70. The van der Waals surface area contributed by atoms with Gasteiger partial charge in [0.1, 0.15) is 16.5 Å². The van der Waals surface area contributed by atoms with Gasteiger partial charge in [0.25, 0.3) is 0 Å². The van der Waals surface area contributed by atoms with E-state index in [1.165, 1.54) is 20.7 Å². The summed E-state index contributed by atoms with van der Waals surface area (Å²) < 4.78 is 40.4. The molecule has 0 N–H and O–H groups in total. The largest absolute Gasteiger partial charge is 0.497 e. The fourth-order valence-corrected chi connectivity index (χ4v) is 7.80. The smallest absolute Gasteiger partial charge is 0.316 e. The van der Waals surface area contributed by atoms with Crippen molar-refractivity contribution in [1.82, 2.24) is 14.1 Å². The summed E-state index contributed by atoms with van der Waals surface area (Å²) in [5.74, 6) is 0.979. The van der Waals surface area contributed by atoms with E-state index in [1.807, 2.05) is 29.2 Å². The summed E-state index contributed by atoms with van der Waals surface area (Å²) in [6.45, 7) is 1.48. The Hall–Kier alpha value is -2.73. The summed E-state index contributed by atoms with van der Waals surface area (Å²) in [6, 6.07) is 14.3. The van der Waals surface area contributed by atoms with E-state index in [0.717, 1.165) is 36.3 Å². The molecule has 1 aliphatic heterocycles. The number of benzene rings is 2. The molecule has 39 heavy (non-hydrogen) atoms. The van der Waals surface area contributed by atoms with Crippen LogP contribution in [0, 0.1) is 0 Å². The van der Waals surface area contributed by atoms with Crippen molar-refractivity contribution in [2.45, 2.75) is 36.7 Å². The average molecular weight is 591 g/mol. The van der Waals surface area contributed by atoms with Crippen LogP contribution < -0.4 is 19.9 Å². The van der Waals surface area contributed by atoms with Crippen LogP contribution in [0.2, 0.25) is 5.02 Å². The van der Waals surface area contributed by atoms with Crippen molar-refractivity contribution in [3.63, 3.8) is 0 Å². The van der Waals surface area contributed by atoms with Gasteiger partial charge in [0.05, 0.1) is 25.1 Å². The summed E-state index contributed by atoms with van der Waals surface area (Å²) in [5, 5.41) is 4.88. The molecule has 3 aromatic rings. The molecule has 0 bridgehead atoms. The van der Waals surface area contributed by atoms with Gasteiger partial charge in [0, 0.05) is 36.1 Å². The minimum Gasteiger partial charge on any atom is -0.497 e. The van der Waals surface area contributed by atoms with Crippen molar-refractivity contribution in [1.29, 1.82) is 0 Å². The van der Waals surface area contributed by atoms with E-state index in [1.54, 1.807) is 37.6 Å². The lowest BCUT2D eigenvalue weighted by Gasteiger charge is -2.36. The van der Waals surface area contributed by atoms with Gasteiger partial charge in [-0.2, -0.15) is 14.1 Å². The fraction of sp³-hybridized carbons (Fsp3) is 0.407. The SMILES string of the molecule is COc1ccc(SCS(=O)(=O)N2CCN(c3cnn(-c4cccc(Cl)c4)c(=O)c3OC3CCCC3)CC2)cc1. The van der Waals surface area contributed by atoms with Gasteiger partial charge in [-0.1, -0.05) is 17.7 Å². The third-order valence-corrected chi connectivity index (χ3v) is 10.6. The van der Waals surface area contributed by atoms with E-state index in [0.29, 0.717) is 42.6 Å². The van der Waals surface area contributed by atoms with Crippen LogP contribution in [0.15, 0.2) is 64.4 Å². The van der Waals surface area contributed by atoms with E-state index in [4.69, 9.17) is 21.1 Å². The molecule has 0 spiro atoms. The predicted molar refractivity (Wildman–Crippen MR) is 154 cm³/mol. The number of ether oxygens (including phenoxy) is 2. The van der Waals surface area contributed by atoms with Crippen LogP contribution >= 0.6 is 23.4 Å². The number of halogens is 1. The van der Waals surface area contributed by atoms with Crippen LogP contribution in [-0.4, -0.2) is 67.0 Å². The normalized spacial score (nSPS) is 16.9. The average Bonchev–Trinajstić information content (AvgIpc) is 3.47. The maximum absolute atomic E-state index is 13.6. The minimum atomic E-state index is -3.47. The third kappa shape index (κ3) is 6.54. The second-order valence-corrected chi connectivity index (χ2v) is 13.3. The minimum absolute atomic E-state index is 0.0247. The third-order valence-electron chi connectivity index (χ3n) is 6.96. The molecule has 1 saturated carbocycles. The van der Waals surface area contributed by atoms with Crippen LogP contribution in [0.5, 0.6) is 11.5 Å². The Bertz CT molecular complexity index is 1450. The zero-order valence-electron chi connectivity index (χ0n) is 21.7. The van der Waals surface area contributed by atoms with Crippen LogP contribution in [0.25, 0.3) is 5.69 Å². The summed E-state index contributed by atoms with van der Waals surface area (Å²) in [4.78, 5) is 16.5. The molecule has 2 fully saturated rings. The predicted octanol–water partition coefficient (Wildman–Crippen LogP) is 4.42. The molecule has 1 aliphatic carbocycles. The number of anilines is 1. The van der Waals surface area contributed by atoms with Crippen molar-refractivity contribution in [2.24, 2.45) is 0 Å². The molecule has 208 valence electrons. The second-order valence-electron chi connectivity index (χ2n) is 9.52. The van der Waals surface area contributed by atoms with Gasteiger partial charge in [0.15, 0.2) is 0 Å². The van der Waals surface area contributed by atoms with E-state index in [-0.39, 0.29) is 22.5 Å². The number of thioether (sulfide) groups is 1. The number of nitrogens with zero attached hydrogens (tertiary/aromatic N) is 4. The van der Waals surface area contributed by atoms with Gasteiger partial charge in [-0.15, -0.1) is 11.8 Å². The maximum atomic E-state index is 13.6. The number of rotatable bonds is 9. The number of piperazine rings is 1. The number of hydrogen-bond acceptors (Lipinski definition) is 8. The van der Waals surface area contributed by atoms with Crippen molar-refractivity contribution in [3.05, 3.63) is 70.1 Å². The quantitative estimate of drug-likeness (QED) is 0.338. The molecule has 1 saturated heterocycles. The maximum Gasteiger partial charge on any atom is 0.316 e. The first-order valence-electron chi connectivity index (χ1n) is 12.9. The molecule has 12 heteroatoms. The highest BCUT2D eigenvalue weighted by Crippen LogP contribution is 2.31. The summed E-state index contributed by atoms with van der Waals surface area (Å²) in [6.07, 6.45) is 5.54. The van der Waals surface area contributed by atoms with Crippen LogP contribution in [-0.2, 0) is 10.0 Å². The molecule has 0 amide bonds. The van der Waals surface area contributed by atoms with E-state index < -0.39 is 10.0 Å². The van der Waals surface area contributed by atoms with Gasteiger partial charge in [-0.25, -0.2) is 8.42 Å². The first kappa shape index (κ1) is 27.8. The molecular weight excluding hydrogens is 560 g/mol. The molecular formula is C27H31ClN4O5S2. The van der Waals surface area contributed by atoms with Crippen LogP contribution in [0.3, 0.4) is 0 Å². The van der Waals surface area contributed by atoms with Gasteiger partial charge in [-0.3, -0.25) is 4.79 Å². The molecule has 0 radical (unpaired) electrons. The zero-order chi connectivity index (χ0) is 27.4. The van der Waals surface area contributed by atoms with E-state index >= 15 is 0 Å². The lowest BCUT2D eigenvalue weighted by atomic mass is 10.2. The van der Waals surface area contributed by atoms with Crippen molar-refractivity contribution in [2.75, 3.05) is 43.3 Å². The van der Waals surface area contributed by atoms with Gasteiger partial charge >= 0.3 is 5.56 Å². The molecule has 0 atom stereocenters. The first-order valence-corrected chi connectivity index (χ1v) is 15.9. The molecule has 2 heterocycles. The van der Waals surface area contributed by atoms with Crippen LogP contribution in [0.4, 0.5) is 5.69 Å². The lowest BCUT2D eigenvalue weighted by Crippen LogP contribution is -2.49. The number of hydrogen-bond donors (Lipinski definition) is 0. The lowest BCUT2D eigenvalue weighted by molar-refractivity contribution is 0.205. The number of sulfonamides is 1. The van der Waals surface area contributed by atoms with E-state index in [2.05, 4.69) is 5.10 Å². The molecule has 5 rings (SSSR count). The standard InChI is InChI=1S/C27H31ClN4O5S2/c1-36-22-9-11-24(12-10-22)38-19-39(34,35)31-15-13-30(14-16-31)25-18-29-32(21-6-4-5-20(28)17-21)27(33)26(25)37-23-7-2-3-8-23/h4-6,9-12,17-18,23H,2-3,7-8,13-16,19H2,1H3. The first-order chi connectivity index (χ1) is 18.8. The van der Waals surface area contributed by atoms with Gasteiger partial charge < -0.3 is 14.4 Å². The summed E-state index contributed by atoms with van der Waals surface area (Å²) in [5.41, 5.74) is 0.794. The number of methoxy groups -OCH3 is 1. The highest BCUT2D eigenvalue weighted by atomic mass is 35.5. The van der Waals surface area contributed by atoms with Crippen molar-refractivity contribution < 1.29 is 17.9 Å². The molecule has 1 aromatic heterocycles. The van der Waals surface area contributed by atoms with Crippen LogP contribution in [0.1, 0.15) is 25.7 Å². The summed E-state index contributed by atoms with van der Waals surface area (Å²) in [7, 11) is -1.88. The molecule has 2 aromatic carbocycles. The van der Waals surface area contributed by atoms with Gasteiger partial charge in [0.2, 0.25) is 15.8 Å². The monoisotopic (exact) mass is 590 g/mol. The topological polar surface area (TPSA) is 94.0 Å². The second kappa shape index (κ2) is 12.2.